The highest BCUT2D eigenvalue weighted by atomic mass is 79.9. The number of primary amides is 1. The van der Waals surface area contributed by atoms with Gasteiger partial charge in [-0.25, -0.2) is 0 Å². The second-order valence-corrected chi connectivity index (χ2v) is 12.4. The van der Waals surface area contributed by atoms with Gasteiger partial charge >= 0.3 is 0 Å². The maximum atomic E-state index is 13.6. The SMILES string of the molecule is CN(C)[C@@H]1C(O)=C(C(N)=O)C(=O)C2(O)C(O)=C3C(=O)c4c(ccc(NC(=O)C(C)(C)Br)c4O)CC3CC12. The van der Waals surface area contributed by atoms with Crippen LogP contribution in [0.1, 0.15) is 36.2 Å². The van der Waals surface area contributed by atoms with Crippen LogP contribution in [0.3, 0.4) is 0 Å². The minimum absolute atomic E-state index is 0.00277. The van der Waals surface area contributed by atoms with Crippen LogP contribution in [0, 0.1) is 11.8 Å². The molecule has 1 aromatic carbocycles. The van der Waals surface area contributed by atoms with E-state index in [-0.39, 0.29) is 29.7 Å². The van der Waals surface area contributed by atoms with Gasteiger partial charge in [0.1, 0.15) is 17.1 Å². The van der Waals surface area contributed by atoms with E-state index in [0.29, 0.717) is 5.56 Å². The van der Waals surface area contributed by atoms with Gasteiger partial charge in [0.15, 0.2) is 17.1 Å². The van der Waals surface area contributed by atoms with Crippen LogP contribution in [0.4, 0.5) is 5.69 Å². The van der Waals surface area contributed by atoms with Crippen molar-refractivity contribution in [2.75, 3.05) is 19.4 Å². The van der Waals surface area contributed by atoms with Crippen molar-refractivity contribution in [1.29, 1.82) is 0 Å². The van der Waals surface area contributed by atoms with Crippen LogP contribution in [0.15, 0.2) is 34.8 Å². The molecule has 3 aliphatic rings. The maximum Gasteiger partial charge on any atom is 0.255 e. The summed E-state index contributed by atoms with van der Waals surface area (Å²) in [5.74, 6) is -7.71. The fraction of sp³-hybridized carbons (Fsp3) is 0.440. The van der Waals surface area contributed by atoms with Gasteiger partial charge in [-0.15, -0.1) is 0 Å². The van der Waals surface area contributed by atoms with E-state index in [1.807, 2.05) is 0 Å². The van der Waals surface area contributed by atoms with Crippen LogP contribution in [-0.4, -0.2) is 78.8 Å². The number of carbonyl (C=O) groups is 4. The summed E-state index contributed by atoms with van der Waals surface area (Å²) in [6, 6.07) is 1.99. The topological polar surface area (TPSA) is 190 Å². The van der Waals surface area contributed by atoms with Gasteiger partial charge in [-0.1, -0.05) is 22.0 Å². The van der Waals surface area contributed by atoms with E-state index in [2.05, 4.69) is 21.2 Å². The Kier molecular flexibility index (Phi) is 6.29. The molecule has 0 heterocycles. The zero-order valence-corrected chi connectivity index (χ0v) is 22.2. The van der Waals surface area contributed by atoms with Crippen LogP contribution in [-0.2, 0) is 20.8 Å². The fourth-order valence-corrected chi connectivity index (χ4v) is 5.70. The molecule has 2 amide bonds. The maximum absolute atomic E-state index is 13.6. The number of hydrogen-bond acceptors (Lipinski definition) is 9. The van der Waals surface area contributed by atoms with E-state index in [4.69, 9.17) is 5.73 Å². The third kappa shape index (κ3) is 3.85. The molecule has 12 heteroatoms. The number of anilines is 1. The zero-order valence-electron chi connectivity index (χ0n) is 20.6. The number of rotatable bonds is 4. The molecular formula is C25H28BrN3O8. The van der Waals surface area contributed by atoms with Crippen LogP contribution < -0.4 is 11.1 Å². The predicted octanol–water partition coefficient (Wildman–Crippen LogP) is 1.23. The smallest absolute Gasteiger partial charge is 0.255 e. The van der Waals surface area contributed by atoms with E-state index in [1.165, 1.54) is 11.0 Å². The molecule has 3 aliphatic carbocycles. The summed E-state index contributed by atoms with van der Waals surface area (Å²) in [6.45, 7) is 3.20. The van der Waals surface area contributed by atoms with Crippen molar-refractivity contribution in [2.45, 2.75) is 42.7 Å². The molecule has 1 aromatic rings. The van der Waals surface area contributed by atoms with E-state index >= 15 is 0 Å². The molecule has 3 unspecified atom stereocenters. The summed E-state index contributed by atoms with van der Waals surface area (Å²) in [7, 11) is 3.13. The molecule has 4 atom stereocenters. The number of phenolic OH excluding ortho intramolecular Hbond substituents is 1. The van der Waals surface area contributed by atoms with Crippen molar-refractivity contribution >= 4 is 45.0 Å². The number of likely N-dealkylation sites (N-methyl/N-ethyl adjacent to an activating group) is 1. The second kappa shape index (κ2) is 8.67. The quantitative estimate of drug-likeness (QED) is 0.173. The molecule has 11 nitrogen and oxygen atoms in total. The highest BCUT2D eigenvalue weighted by molar-refractivity contribution is 9.10. The lowest BCUT2D eigenvalue weighted by Crippen LogP contribution is -2.63. The van der Waals surface area contributed by atoms with Gasteiger partial charge in [-0.05, 0) is 58.3 Å². The van der Waals surface area contributed by atoms with Crippen LogP contribution in [0.25, 0.3) is 0 Å². The molecule has 0 aromatic heterocycles. The van der Waals surface area contributed by atoms with Crippen LogP contribution in [0.2, 0.25) is 0 Å². The zero-order chi connectivity index (χ0) is 27.8. The molecule has 0 saturated heterocycles. The third-order valence-corrected chi connectivity index (χ3v) is 7.74. The number of amides is 2. The molecule has 0 radical (unpaired) electrons. The highest BCUT2D eigenvalue weighted by Crippen LogP contribution is 2.52. The predicted molar refractivity (Wildman–Crippen MR) is 135 cm³/mol. The van der Waals surface area contributed by atoms with E-state index in [1.54, 1.807) is 34.0 Å². The summed E-state index contributed by atoms with van der Waals surface area (Å²) in [5, 5.41) is 47.1. The Bertz CT molecular complexity index is 1330. The Morgan fingerprint density at radius 2 is 1.81 bits per heavy atom. The number of phenols is 1. The van der Waals surface area contributed by atoms with Crippen molar-refractivity contribution in [3.05, 3.63) is 45.9 Å². The number of fused-ring (bicyclic) bond motifs is 3. The van der Waals surface area contributed by atoms with Gasteiger partial charge in [-0.2, -0.15) is 0 Å². The highest BCUT2D eigenvalue weighted by Gasteiger charge is 2.63. The van der Waals surface area contributed by atoms with Gasteiger partial charge in [0.2, 0.25) is 11.7 Å². The number of hydrogen-bond donors (Lipinski definition) is 6. The molecule has 0 bridgehead atoms. The number of halogens is 1. The Hall–Kier alpha value is -3.22. The number of carbonyl (C=O) groups excluding carboxylic acids is 4. The normalized spacial score (nSPS) is 27.6. The summed E-state index contributed by atoms with van der Waals surface area (Å²) in [4.78, 5) is 52.9. The number of allylic oxidation sites excluding steroid dienone is 1. The van der Waals surface area contributed by atoms with Crippen molar-refractivity contribution in [1.82, 2.24) is 4.90 Å². The summed E-state index contributed by atoms with van der Waals surface area (Å²) >= 11 is 3.23. The number of nitrogens with two attached hydrogens (primary N) is 1. The van der Waals surface area contributed by atoms with Gasteiger partial charge < -0.3 is 31.5 Å². The lowest BCUT2D eigenvalue weighted by Gasteiger charge is -2.50. The molecule has 198 valence electrons. The molecule has 37 heavy (non-hydrogen) atoms. The number of nitrogens with zero attached hydrogens (tertiary/aromatic N) is 1. The Morgan fingerprint density at radius 1 is 1.19 bits per heavy atom. The van der Waals surface area contributed by atoms with E-state index in [9.17, 15) is 39.6 Å². The standard InChI is InChI=1S/C25H28BrN3O8/c1-24(2,26)23(36)28-12-6-5-9-7-10-8-11-16(29(3)4)19(32)15(22(27)35)21(34)25(11,37)20(33)14(10)18(31)13(9)17(12)30/h5-6,10-11,16,30,32-33,37H,7-8H2,1-4H3,(H2,27,35)(H,28,36)/t10?,11?,16-,25?/m0/s1. The minimum Gasteiger partial charge on any atom is -0.510 e. The molecule has 0 aliphatic heterocycles. The average molecular weight is 578 g/mol. The monoisotopic (exact) mass is 577 g/mol. The summed E-state index contributed by atoms with van der Waals surface area (Å²) in [6.07, 6.45) is 0.170. The average Bonchev–Trinajstić information content (AvgIpc) is 2.77. The number of aliphatic hydroxyl groups is 3. The Labute approximate surface area is 220 Å². The second-order valence-electron chi connectivity index (χ2n) is 10.4. The largest absolute Gasteiger partial charge is 0.510 e. The number of nitrogens with one attached hydrogen (secondary N) is 1. The van der Waals surface area contributed by atoms with Gasteiger partial charge in [-0.3, -0.25) is 24.1 Å². The first kappa shape index (κ1) is 26.8. The van der Waals surface area contributed by atoms with E-state index in [0.717, 1.165) is 0 Å². The molecular weight excluding hydrogens is 550 g/mol. The third-order valence-electron chi connectivity index (χ3n) is 7.38. The van der Waals surface area contributed by atoms with Gasteiger partial charge in [0.25, 0.3) is 5.91 Å². The number of Topliss-reactive ketones (excluding diaryl/α,β-unsaturated/α-hetero) is 2. The number of ketones is 2. The van der Waals surface area contributed by atoms with Crippen molar-refractivity contribution in [3.63, 3.8) is 0 Å². The van der Waals surface area contributed by atoms with Crippen molar-refractivity contribution in [3.8, 4) is 5.75 Å². The van der Waals surface area contributed by atoms with Gasteiger partial charge in [0.05, 0.1) is 21.6 Å². The van der Waals surface area contributed by atoms with Crippen molar-refractivity contribution < 1.29 is 39.6 Å². The molecule has 0 spiro atoms. The number of benzene rings is 1. The summed E-state index contributed by atoms with van der Waals surface area (Å²) in [5.41, 5.74) is 1.74. The first-order valence-corrected chi connectivity index (χ1v) is 12.3. The van der Waals surface area contributed by atoms with Crippen molar-refractivity contribution in [2.24, 2.45) is 17.6 Å². The molecule has 0 fully saturated rings. The first-order chi connectivity index (χ1) is 17.0. The molecule has 7 N–H and O–H groups in total. The number of aromatic hydroxyl groups is 1. The molecule has 4 rings (SSSR count). The number of alkyl halides is 1. The first-order valence-electron chi connectivity index (χ1n) is 11.5. The van der Waals surface area contributed by atoms with Gasteiger partial charge in [0, 0.05) is 11.5 Å². The lowest BCUT2D eigenvalue weighted by atomic mass is 9.58. The lowest BCUT2D eigenvalue weighted by molar-refractivity contribution is -0.148. The minimum atomic E-state index is -2.70. The van der Waals surface area contributed by atoms with Crippen LogP contribution in [0.5, 0.6) is 5.75 Å². The van der Waals surface area contributed by atoms with E-state index < -0.39 is 74.0 Å². The fourth-order valence-electron chi connectivity index (χ4n) is 5.60. The molecule has 0 saturated carbocycles. The Morgan fingerprint density at radius 3 is 2.35 bits per heavy atom. The summed E-state index contributed by atoms with van der Waals surface area (Å²) < 4.78 is -0.964. The Balaban J connectivity index is 1.87. The van der Waals surface area contributed by atoms with Crippen LogP contribution >= 0.6 is 15.9 Å². The number of aliphatic hydroxyl groups excluding tert-OH is 2.